The Morgan fingerprint density at radius 3 is 2.59 bits per heavy atom. The van der Waals surface area contributed by atoms with E-state index < -0.39 is 0 Å². The zero-order valence-corrected chi connectivity index (χ0v) is 13.0. The van der Waals surface area contributed by atoms with E-state index in [2.05, 4.69) is 11.9 Å². The second kappa shape index (κ2) is 7.46. The van der Waals surface area contributed by atoms with Gasteiger partial charge in [-0.05, 0) is 43.2 Å². The molecule has 0 aliphatic rings. The molecule has 1 amide bonds. The summed E-state index contributed by atoms with van der Waals surface area (Å²) in [7, 11) is 0. The SMILES string of the molecule is C=C(C)COc1cccc(C(=O)N[C@H](C)c2ccccc2)c1. The van der Waals surface area contributed by atoms with Gasteiger partial charge in [0.1, 0.15) is 12.4 Å². The first-order valence-electron chi connectivity index (χ1n) is 7.29. The minimum Gasteiger partial charge on any atom is -0.489 e. The lowest BCUT2D eigenvalue weighted by Gasteiger charge is -2.15. The van der Waals surface area contributed by atoms with E-state index in [4.69, 9.17) is 4.74 Å². The number of carbonyl (C=O) groups is 1. The van der Waals surface area contributed by atoms with Gasteiger partial charge in [0, 0.05) is 5.56 Å². The Labute approximate surface area is 131 Å². The first kappa shape index (κ1) is 15.8. The summed E-state index contributed by atoms with van der Waals surface area (Å²) in [6.07, 6.45) is 0. The van der Waals surface area contributed by atoms with Crippen LogP contribution in [0.25, 0.3) is 0 Å². The molecule has 3 nitrogen and oxygen atoms in total. The number of benzene rings is 2. The summed E-state index contributed by atoms with van der Waals surface area (Å²) < 4.78 is 5.57. The third-order valence-corrected chi connectivity index (χ3v) is 3.23. The number of nitrogens with one attached hydrogen (secondary N) is 1. The van der Waals surface area contributed by atoms with Gasteiger partial charge in [0.25, 0.3) is 5.91 Å². The Morgan fingerprint density at radius 1 is 1.18 bits per heavy atom. The van der Waals surface area contributed by atoms with Crippen molar-refractivity contribution in [3.63, 3.8) is 0 Å². The molecule has 0 aliphatic heterocycles. The summed E-state index contributed by atoms with van der Waals surface area (Å²) in [6.45, 7) is 8.11. The molecule has 114 valence electrons. The van der Waals surface area contributed by atoms with Crippen LogP contribution in [0.3, 0.4) is 0 Å². The fourth-order valence-electron chi connectivity index (χ4n) is 2.04. The highest BCUT2D eigenvalue weighted by Gasteiger charge is 2.11. The standard InChI is InChI=1S/C19H21NO2/c1-14(2)13-22-18-11-7-10-17(12-18)19(21)20-15(3)16-8-5-4-6-9-16/h4-12,15H,1,13H2,2-3H3,(H,20,21)/t15-/m1/s1. The summed E-state index contributed by atoms with van der Waals surface area (Å²) >= 11 is 0. The average molecular weight is 295 g/mol. The van der Waals surface area contributed by atoms with Gasteiger partial charge >= 0.3 is 0 Å². The maximum atomic E-state index is 12.3. The monoisotopic (exact) mass is 295 g/mol. The molecule has 0 heterocycles. The normalized spacial score (nSPS) is 11.5. The van der Waals surface area contributed by atoms with Crippen molar-refractivity contribution in [2.45, 2.75) is 19.9 Å². The fourth-order valence-corrected chi connectivity index (χ4v) is 2.04. The average Bonchev–Trinajstić information content (AvgIpc) is 2.54. The Bertz CT molecular complexity index is 649. The van der Waals surface area contributed by atoms with Crippen molar-refractivity contribution in [2.24, 2.45) is 0 Å². The molecule has 1 N–H and O–H groups in total. The largest absolute Gasteiger partial charge is 0.489 e. The van der Waals surface area contributed by atoms with Crippen LogP contribution in [0.4, 0.5) is 0 Å². The lowest BCUT2D eigenvalue weighted by molar-refractivity contribution is 0.0939. The van der Waals surface area contributed by atoms with Gasteiger partial charge in [-0.2, -0.15) is 0 Å². The van der Waals surface area contributed by atoms with Crippen LogP contribution in [-0.2, 0) is 0 Å². The summed E-state index contributed by atoms with van der Waals surface area (Å²) in [5.74, 6) is 0.556. The highest BCUT2D eigenvalue weighted by Crippen LogP contribution is 2.16. The van der Waals surface area contributed by atoms with Crippen LogP contribution in [0.1, 0.15) is 35.8 Å². The molecule has 22 heavy (non-hydrogen) atoms. The van der Waals surface area contributed by atoms with E-state index in [9.17, 15) is 4.79 Å². The predicted octanol–water partition coefficient (Wildman–Crippen LogP) is 4.13. The number of carbonyl (C=O) groups excluding carboxylic acids is 1. The highest BCUT2D eigenvalue weighted by atomic mass is 16.5. The topological polar surface area (TPSA) is 38.3 Å². The molecular formula is C19H21NO2. The van der Waals surface area contributed by atoms with Crippen LogP contribution >= 0.6 is 0 Å². The minimum atomic E-state index is -0.114. The van der Waals surface area contributed by atoms with Crippen LogP contribution in [0, 0.1) is 0 Å². The van der Waals surface area contributed by atoms with Crippen molar-refractivity contribution in [2.75, 3.05) is 6.61 Å². The first-order chi connectivity index (χ1) is 10.6. The molecule has 0 saturated carbocycles. The zero-order chi connectivity index (χ0) is 15.9. The number of amides is 1. The lowest BCUT2D eigenvalue weighted by atomic mass is 10.1. The predicted molar refractivity (Wildman–Crippen MR) is 89.1 cm³/mol. The van der Waals surface area contributed by atoms with Gasteiger partial charge in [-0.1, -0.05) is 43.0 Å². The van der Waals surface area contributed by atoms with Crippen LogP contribution in [-0.4, -0.2) is 12.5 Å². The molecule has 2 aromatic rings. The second-order valence-corrected chi connectivity index (χ2v) is 5.38. The van der Waals surface area contributed by atoms with E-state index in [1.54, 1.807) is 12.1 Å². The van der Waals surface area contributed by atoms with E-state index in [1.807, 2.05) is 56.3 Å². The smallest absolute Gasteiger partial charge is 0.251 e. The molecule has 0 unspecified atom stereocenters. The minimum absolute atomic E-state index is 0.0475. The van der Waals surface area contributed by atoms with Gasteiger partial charge in [0.2, 0.25) is 0 Å². The summed E-state index contributed by atoms with van der Waals surface area (Å²) in [5.41, 5.74) is 2.60. The zero-order valence-electron chi connectivity index (χ0n) is 13.0. The first-order valence-corrected chi connectivity index (χ1v) is 7.29. The van der Waals surface area contributed by atoms with Crippen molar-refractivity contribution in [3.8, 4) is 5.75 Å². The molecule has 0 aliphatic carbocycles. The van der Waals surface area contributed by atoms with Crippen molar-refractivity contribution in [1.29, 1.82) is 0 Å². The number of hydrogen-bond acceptors (Lipinski definition) is 2. The molecule has 3 heteroatoms. The molecular weight excluding hydrogens is 274 g/mol. The van der Waals surface area contributed by atoms with Crippen molar-refractivity contribution in [3.05, 3.63) is 77.9 Å². The third-order valence-electron chi connectivity index (χ3n) is 3.23. The number of hydrogen-bond donors (Lipinski definition) is 1. The maximum absolute atomic E-state index is 12.3. The molecule has 0 fully saturated rings. The van der Waals surface area contributed by atoms with Crippen LogP contribution in [0.2, 0.25) is 0 Å². The summed E-state index contributed by atoms with van der Waals surface area (Å²) in [5, 5.41) is 2.99. The van der Waals surface area contributed by atoms with Crippen LogP contribution < -0.4 is 10.1 Å². The van der Waals surface area contributed by atoms with Gasteiger partial charge in [-0.3, -0.25) is 4.79 Å². The number of ether oxygens (including phenoxy) is 1. The molecule has 0 bridgehead atoms. The summed E-state index contributed by atoms with van der Waals surface area (Å²) in [4.78, 5) is 12.3. The molecule has 2 aromatic carbocycles. The molecule has 0 radical (unpaired) electrons. The van der Waals surface area contributed by atoms with Gasteiger partial charge in [-0.25, -0.2) is 0 Å². The Kier molecular flexibility index (Phi) is 5.37. The Morgan fingerprint density at radius 2 is 1.91 bits per heavy atom. The van der Waals surface area contributed by atoms with Gasteiger partial charge in [-0.15, -0.1) is 0 Å². The van der Waals surface area contributed by atoms with E-state index in [0.29, 0.717) is 17.9 Å². The molecule has 2 rings (SSSR count). The van der Waals surface area contributed by atoms with E-state index in [0.717, 1.165) is 11.1 Å². The van der Waals surface area contributed by atoms with Crippen molar-refractivity contribution >= 4 is 5.91 Å². The third kappa shape index (κ3) is 4.48. The van der Waals surface area contributed by atoms with Crippen LogP contribution in [0.15, 0.2) is 66.7 Å². The summed E-state index contributed by atoms with van der Waals surface area (Å²) in [6, 6.07) is 17.0. The molecule has 0 spiro atoms. The van der Waals surface area contributed by atoms with E-state index >= 15 is 0 Å². The number of rotatable bonds is 6. The van der Waals surface area contributed by atoms with Gasteiger partial charge in [0.05, 0.1) is 6.04 Å². The van der Waals surface area contributed by atoms with Crippen molar-refractivity contribution in [1.82, 2.24) is 5.32 Å². The lowest BCUT2D eigenvalue weighted by Crippen LogP contribution is -2.26. The second-order valence-electron chi connectivity index (χ2n) is 5.38. The van der Waals surface area contributed by atoms with E-state index in [-0.39, 0.29) is 11.9 Å². The van der Waals surface area contributed by atoms with Crippen LogP contribution in [0.5, 0.6) is 5.75 Å². The molecule has 1 atom stereocenters. The maximum Gasteiger partial charge on any atom is 0.251 e. The highest BCUT2D eigenvalue weighted by molar-refractivity contribution is 5.94. The van der Waals surface area contributed by atoms with Gasteiger partial charge in [0.15, 0.2) is 0 Å². The van der Waals surface area contributed by atoms with E-state index in [1.165, 1.54) is 0 Å². The molecule has 0 saturated heterocycles. The van der Waals surface area contributed by atoms with Crippen molar-refractivity contribution < 1.29 is 9.53 Å². The fraction of sp³-hybridized carbons (Fsp3) is 0.211. The Balaban J connectivity index is 2.03. The molecule has 0 aromatic heterocycles. The Hall–Kier alpha value is -2.55. The quantitative estimate of drug-likeness (QED) is 0.814. The van der Waals surface area contributed by atoms with Gasteiger partial charge < -0.3 is 10.1 Å².